The lowest BCUT2D eigenvalue weighted by Gasteiger charge is -2.44. The molecule has 1 fully saturated rings. The van der Waals surface area contributed by atoms with Crippen LogP contribution in [-0.4, -0.2) is 29.6 Å². The van der Waals surface area contributed by atoms with E-state index in [9.17, 15) is 9.90 Å². The SMILES string of the molecule is CC1OC(O)C(C)(C)C1OC(=O)C(C)(CC(C)(C)C)C(C)(C)C. The van der Waals surface area contributed by atoms with Crippen LogP contribution < -0.4 is 0 Å². The van der Waals surface area contributed by atoms with Crippen molar-refractivity contribution in [2.24, 2.45) is 21.7 Å². The molecule has 0 saturated carbocycles. The van der Waals surface area contributed by atoms with E-state index >= 15 is 0 Å². The summed E-state index contributed by atoms with van der Waals surface area (Å²) >= 11 is 0. The smallest absolute Gasteiger partial charge is 0.312 e. The fourth-order valence-corrected chi connectivity index (χ4v) is 3.39. The number of carbonyl (C=O) groups is 1. The number of hydrogen-bond acceptors (Lipinski definition) is 4. The molecular weight excluding hydrogens is 292 g/mol. The summed E-state index contributed by atoms with van der Waals surface area (Å²) in [5, 5.41) is 10.0. The monoisotopic (exact) mass is 328 g/mol. The molecule has 1 N–H and O–H groups in total. The van der Waals surface area contributed by atoms with Crippen LogP contribution in [0.3, 0.4) is 0 Å². The van der Waals surface area contributed by atoms with Crippen molar-refractivity contribution in [3.05, 3.63) is 0 Å². The minimum Gasteiger partial charge on any atom is -0.458 e. The average molecular weight is 328 g/mol. The van der Waals surface area contributed by atoms with E-state index in [4.69, 9.17) is 9.47 Å². The molecule has 0 aromatic heterocycles. The van der Waals surface area contributed by atoms with Gasteiger partial charge in [0.05, 0.1) is 16.9 Å². The number of aliphatic hydroxyl groups is 1. The Bertz CT molecular complexity index is 441. The van der Waals surface area contributed by atoms with Crippen molar-refractivity contribution in [2.75, 3.05) is 0 Å². The van der Waals surface area contributed by atoms with Crippen molar-refractivity contribution < 1.29 is 19.4 Å². The highest BCUT2D eigenvalue weighted by molar-refractivity contribution is 5.77. The van der Waals surface area contributed by atoms with E-state index in [0.29, 0.717) is 0 Å². The van der Waals surface area contributed by atoms with Crippen LogP contribution >= 0.6 is 0 Å². The van der Waals surface area contributed by atoms with Crippen LogP contribution in [0, 0.1) is 21.7 Å². The Balaban J connectivity index is 3.08. The van der Waals surface area contributed by atoms with E-state index in [1.165, 1.54) is 0 Å². The second kappa shape index (κ2) is 6.03. The second-order valence-corrected chi connectivity index (χ2v) is 10.2. The molecule has 1 aliphatic rings. The zero-order valence-electron chi connectivity index (χ0n) is 16.6. The Morgan fingerprint density at radius 1 is 1.13 bits per heavy atom. The lowest BCUT2D eigenvalue weighted by Crippen LogP contribution is -2.48. The lowest BCUT2D eigenvalue weighted by molar-refractivity contribution is -0.177. The normalized spacial score (nSPS) is 30.8. The maximum atomic E-state index is 13.1. The van der Waals surface area contributed by atoms with Gasteiger partial charge in [-0.3, -0.25) is 4.79 Å². The van der Waals surface area contributed by atoms with Crippen LogP contribution in [0.2, 0.25) is 0 Å². The second-order valence-electron chi connectivity index (χ2n) is 10.2. The number of hydrogen-bond donors (Lipinski definition) is 1. The molecule has 136 valence electrons. The molecule has 0 aromatic rings. The first-order chi connectivity index (χ1) is 10.0. The first-order valence-corrected chi connectivity index (χ1v) is 8.57. The van der Waals surface area contributed by atoms with Crippen LogP contribution in [-0.2, 0) is 14.3 Å². The van der Waals surface area contributed by atoms with Gasteiger partial charge in [-0.2, -0.15) is 0 Å². The maximum absolute atomic E-state index is 13.1. The van der Waals surface area contributed by atoms with Gasteiger partial charge in [0, 0.05) is 0 Å². The predicted molar refractivity (Wildman–Crippen MR) is 91.8 cm³/mol. The predicted octanol–water partition coefficient (Wildman–Crippen LogP) is 4.15. The highest BCUT2D eigenvalue weighted by Crippen LogP contribution is 2.49. The van der Waals surface area contributed by atoms with Gasteiger partial charge in [-0.15, -0.1) is 0 Å². The Kier molecular flexibility index (Phi) is 5.36. The molecule has 23 heavy (non-hydrogen) atoms. The average Bonchev–Trinajstić information content (AvgIpc) is 2.48. The number of rotatable bonds is 3. The third-order valence-corrected chi connectivity index (χ3v) is 5.36. The number of carbonyl (C=O) groups excluding carboxylic acids is 1. The largest absolute Gasteiger partial charge is 0.458 e. The summed E-state index contributed by atoms with van der Waals surface area (Å²) < 4.78 is 11.4. The summed E-state index contributed by atoms with van der Waals surface area (Å²) in [6, 6.07) is 0. The van der Waals surface area contributed by atoms with Gasteiger partial charge in [-0.1, -0.05) is 55.4 Å². The summed E-state index contributed by atoms with van der Waals surface area (Å²) in [7, 11) is 0. The topological polar surface area (TPSA) is 55.8 Å². The van der Waals surface area contributed by atoms with E-state index < -0.39 is 23.2 Å². The summed E-state index contributed by atoms with van der Waals surface area (Å²) in [5.41, 5.74) is -1.46. The van der Waals surface area contributed by atoms with E-state index in [2.05, 4.69) is 41.5 Å². The van der Waals surface area contributed by atoms with E-state index in [0.717, 1.165) is 6.42 Å². The van der Waals surface area contributed by atoms with Crippen LogP contribution in [0.4, 0.5) is 0 Å². The molecular formula is C19H36O4. The number of ether oxygens (including phenoxy) is 2. The van der Waals surface area contributed by atoms with Gasteiger partial charge in [0.1, 0.15) is 6.10 Å². The van der Waals surface area contributed by atoms with Crippen molar-refractivity contribution in [1.82, 2.24) is 0 Å². The molecule has 4 atom stereocenters. The molecule has 1 rings (SSSR count). The van der Waals surface area contributed by atoms with Gasteiger partial charge in [-0.05, 0) is 31.1 Å². The first-order valence-electron chi connectivity index (χ1n) is 8.57. The van der Waals surface area contributed by atoms with Crippen molar-refractivity contribution in [2.45, 2.75) is 94.2 Å². The molecule has 0 aromatic carbocycles. The third-order valence-electron chi connectivity index (χ3n) is 5.36. The minimum absolute atomic E-state index is 0.00781. The summed E-state index contributed by atoms with van der Waals surface area (Å²) in [5.74, 6) is -0.206. The standard InChI is InChI=1S/C19H36O4/c1-12-13(18(8,9)14(20)22-12)23-15(21)19(10,17(5,6)7)11-16(2,3)4/h12-14,20H,11H2,1-10H3. The molecule has 4 nitrogen and oxygen atoms in total. The Morgan fingerprint density at radius 3 is 1.91 bits per heavy atom. The quantitative estimate of drug-likeness (QED) is 0.791. The fraction of sp³-hybridized carbons (Fsp3) is 0.947. The zero-order valence-corrected chi connectivity index (χ0v) is 16.6. The molecule has 4 heteroatoms. The van der Waals surface area contributed by atoms with Crippen molar-refractivity contribution in [3.63, 3.8) is 0 Å². The van der Waals surface area contributed by atoms with Crippen LogP contribution in [0.15, 0.2) is 0 Å². The summed E-state index contributed by atoms with van der Waals surface area (Å²) in [4.78, 5) is 13.1. The maximum Gasteiger partial charge on any atom is 0.312 e. The van der Waals surface area contributed by atoms with Gasteiger partial charge in [-0.25, -0.2) is 0 Å². The number of esters is 1. The fourth-order valence-electron chi connectivity index (χ4n) is 3.39. The molecule has 0 spiro atoms. The molecule has 1 heterocycles. The third kappa shape index (κ3) is 4.08. The van der Waals surface area contributed by atoms with Crippen LogP contribution in [0.1, 0.15) is 75.7 Å². The van der Waals surface area contributed by atoms with Gasteiger partial charge >= 0.3 is 5.97 Å². The summed E-state index contributed by atoms with van der Waals surface area (Å²) in [6.07, 6.45) is -0.957. The minimum atomic E-state index is -0.918. The Morgan fingerprint density at radius 2 is 1.61 bits per heavy atom. The van der Waals surface area contributed by atoms with Gasteiger partial charge in [0.2, 0.25) is 0 Å². The molecule has 1 aliphatic heterocycles. The van der Waals surface area contributed by atoms with Crippen molar-refractivity contribution in [1.29, 1.82) is 0 Å². The highest BCUT2D eigenvalue weighted by Gasteiger charge is 2.54. The highest BCUT2D eigenvalue weighted by atomic mass is 16.6. The van der Waals surface area contributed by atoms with Crippen LogP contribution in [0.25, 0.3) is 0 Å². The Labute approximate surface area is 141 Å². The molecule has 0 amide bonds. The molecule has 0 aliphatic carbocycles. The Hall–Kier alpha value is -0.610. The van der Waals surface area contributed by atoms with Gasteiger partial charge in [0.25, 0.3) is 0 Å². The first kappa shape index (κ1) is 20.4. The zero-order chi connectivity index (χ0) is 18.4. The molecule has 4 unspecified atom stereocenters. The van der Waals surface area contributed by atoms with Crippen molar-refractivity contribution in [3.8, 4) is 0 Å². The number of aliphatic hydroxyl groups excluding tert-OH is 1. The van der Waals surface area contributed by atoms with E-state index in [1.54, 1.807) is 0 Å². The lowest BCUT2D eigenvalue weighted by atomic mass is 9.61. The van der Waals surface area contributed by atoms with Gasteiger partial charge in [0.15, 0.2) is 6.29 Å². The molecule has 0 bridgehead atoms. The summed E-state index contributed by atoms with van der Waals surface area (Å²) in [6.45, 7) is 20.2. The molecule has 1 saturated heterocycles. The molecule has 0 radical (unpaired) electrons. The van der Waals surface area contributed by atoms with Crippen LogP contribution in [0.5, 0.6) is 0 Å². The van der Waals surface area contributed by atoms with Crippen molar-refractivity contribution >= 4 is 5.97 Å². The van der Waals surface area contributed by atoms with Gasteiger partial charge < -0.3 is 14.6 Å². The van der Waals surface area contributed by atoms with E-state index in [-0.39, 0.29) is 22.9 Å². The van der Waals surface area contributed by atoms with E-state index in [1.807, 2.05) is 27.7 Å².